The van der Waals surface area contributed by atoms with Crippen molar-refractivity contribution in [3.63, 3.8) is 0 Å². The van der Waals surface area contributed by atoms with Gasteiger partial charge in [0.15, 0.2) is 0 Å². The van der Waals surface area contributed by atoms with Crippen LogP contribution in [0.15, 0.2) is 16.9 Å². The zero-order valence-electron chi connectivity index (χ0n) is 8.93. The number of hydrogen-bond acceptors (Lipinski definition) is 2. The third-order valence-corrected chi connectivity index (χ3v) is 2.55. The molecule has 0 aromatic rings. The van der Waals surface area contributed by atoms with Gasteiger partial charge in [0.1, 0.15) is 0 Å². The van der Waals surface area contributed by atoms with Crippen molar-refractivity contribution in [1.29, 1.82) is 0 Å². The number of nitrogens with one attached hydrogen (secondary N) is 1. The predicted molar refractivity (Wildman–Crippen MR) is 57.8 cm³/mol. The van der Waals surface area contributed by atoms with Crippen molar-refractivity contribution in [2.24, 2.45) is 16.3 Å². The van der Waals surface area contributed by atoms with Crippen molar-refractivity contribution >= 4 is 6.72 Å². The van der Waals surface area contributed by atoms with E-state index in [1.54, 1.807) is 0 Å². The van der Waals surface area contributed by atoms with Crippen LogP contribution < -0.4 is 5.32 Å². The van der Waals surface area contributed by atoms with Crippen molar-refractivity contribution < 1.29 is 0 Å². The molecule has 0 heterocycles. The van der Waals surface area contributed by atoms with Gasteiger partial charge in [-0.1, -0.05) is 20.8 Å². The fourth-order valence-corrected chi connectivity index (χ4v) is 1.25. The first-order chi connectivity index (χ1) is 6.08. The highest BCUT2D eigenvalue weighted by atomic mass is 14.9. The van der Waals surface area contributed by atoms with Crippen LogP contribution in [0.25, 0.3) is 0 Å². The highest BCUT2D eigenvalue weighted by molar-refractivity contribution is 5.33. The third kappa shape index (κ3) is 2.87. The van der Waals surface area contributed by atoms with Gasteiger partial charge in [0.2, 0.25) is 0 Å². The molecule has 0 unspecified atom stereocenters. The van der Waals surface area contributed by atoms with E-state index in [2.05, 4.69) is 37.8 Å². The van der Waals surface area contributed by atoms with Crippen molar-refractivity contribution in [2.45, 2.75) is 33.6 Å². The van der Waals surface area contributed by atoms with Gasteiger partial charge < -0.3 is 5.32 Å². The lowest BCUT2D eigenvalue weighted by atomic mass is 10.1. The van der Waals surface area contributed by atoms with Crippen LogP contribution in [0.1, 0.15) is 33.6 Å². The van der Waals surface area contributed by atoms with Gasteiger partial charge in [0.05, 0.1) is 5.70 Å². The average molecular weight is 180 g/mol. The lowest BCUT2D eigenvalue weighted by Crippen LogP contribution is -2.14. The van der Waals surface area contributed by atoms with Crippen LogP contribution in [0.4, 0.5) is 0 Å². The molecule has 1 saturated carbocycles. The molecule has 1 rings (SSSR count). The summed E-state index contributed by atoms with van der Waals surface area (Å²) in [6.07, 6.45) is 4.53. The van der Waals surface area contributed by atoms with Gasteiger partial charge in [-0.3, -0.25) is 4.99 Å². The molecule has 1 aliphatic rings. The maximum absolute atomic E-state index is 4.07. The van der Waals surface area contributed by atoms with Gasteiger partial charge >= 0.3 is 0 Å². The fourth-order valence-electron chi connectivity index (χ4n) is 1.25. The number of nitrogens with zero attached hydrogens (tertiary/aromatic N) is 1. The molecule has 1 aliphatic carbocycles. The molecule has 1 fully saturated rings. The van der Waals surface area contributed by atoms with Gasteiger partial charge in [-0.2, -0.15) is 0 Å². The Kier molecular flexibility index (Phi) is 3.12. The van der Waals surface area contributed by atoms with E-state index in [1.807, 2.05) is 6.20 Å². The second-order valence-corrected chi connectivity index (χ2v) is 4.55. The zero-order chi connectivity index (χ0) is 9.90. The first-order valence-electron chi connectivity index (χ1n) is 4.99. The van der Waals surface area contributed by atoms with Crippen molar-refractivity contribution in [1.82, 2.24) is 5.32 Å². The summed E-state index contributed by atoms with van der Waals surface area (Å²) in [4.78, 5) is 4.07. The third-order valence-electron chi connectivity index (χ3n) is 2.55. The summed E-state index contributed by atoms with van der Waals surface area (Å²) in [7, 11) is 0. The fraction of sp³-hybridized carbons (Fsp3) is 0.727. The largest absolute Gasteiger partial charge is 0.389 e. The summed E-state index contributed by atoms with van der Waals surface area (Å²) < 4.78 is 0. The Balaban J connectivity index is 2.42. The highest BCUT2D eigenvalue weighted by Crippen LogP contribution is 2.51. The molecular formula is C11H20N2. The van der Waals surface area contributed by atoms with Crippen LogP contribution in [-0.2, 0) is 0 Å². The van der Waals surface area contributed by atoms with Gasteiger partial charge in [-0.05, 0) is 25.5 Å². The number of hydrogen-bond donors (Lipinski definition) is 1. The van der Waals surface area contributed by atoms with E-state index in [0.29, 0.717) is 11.3 Å². The lowest BCUT2D eigenvalue weighted by molar-refractivity contribution is 0.598. The SMILES string of the molecule is C=N/C(=C\NCC(C)C)C1(C)CC1. The van der Waals surface area contributed by atoms with Crippen molar-refractivity contribution in [2.75, 3.05) is 6.54 Å². The summed E-state index contributed by atoms with van der Waals surface area (Å²) in [5.74, 6) is 0.675. The predicted octanol–water partition coefficient (Wildman–Crippen LogP) is 2.57. The molecule has 0 aliphatic heterocycles. The molecule has 0 aromatic heterocycles. The van der Waals surface area contributed by atoms with Gasteiger partial charge in [-0.25, -0.2) is 0 Å². The van der Waals surface area contributed by atoms with E-state index < -0.39 is 0 Å². The molecule has 0 radical (unpaired) electrons. The van der Waals surface area contributed by atoms with Crippen molar-refractivity contribution in [3.05, 3.63) is 11.9 Å². The van der Waals surface area contributed by atoms with Crippen LogP contribution in [0.3, 0.4) is 0 Å². The van der Waals surface area contributed by atoms with Crippen LogP contribution in [-0.4, -0.2) is 13.3 Å². The summed E-state index contributed by atoms with van der Waals surface area (Å²) >= 11 is 0. The molecule has 2 heteroatoms. The van der Waals surface area contributed by atoms with Gasteiger partial charge in [0.25, 0.3) is 0 Å². The Morgan fingerprint density at radius 3 is 2.62 bits per heavy atom. The maximum Gasteiger partial charge on any atom is 0.0611 e. The molecule has 0 amide bonds. The molecular weight excluding hydrogens is 160 g/mol. The standard InChI is InChI=1S/C11H20N2/c1-9(2)7-13-8-10(12-4)11(3)5-6-11/h8-9,13H,4-7H2,1-3H3/b10-8-. The molecule has 0 saturated heterocycles. The topological polar surface area (TPSA) is 24.4 Å². The Morgan fingerprint density at radius 2 is 2.23 bits per heavy atom. The van der Waals surface area contributed by atoms with Crippen molar-refractivity contribution in [3.8, 4) is 0 Å². The van der Waals surface area contributed by atoms with Gasteiger partial charge in [-0.15, -0.1) is 0 Å². The molecule has 0 atom stereocenters. The summed E-state index contributed by atoms with van der Waals surface area (Å²) in [5, 5.41) is 3.29. The summed E-state index contributed by atoms with van der Waals surface area (Å²) in [6.45, 7) is 11.2. The van der Waals surface area contributed by atoms with E-state index in [4.69, 9.17) is 0 Å². The maximum atomic E-state index is 4.07. The van der Waals surface area contributed by atoms with Crippen LogP contribution >= 0.6 is 0 Å². The minimum atomic E-state index is 0.325. The van der Waals surface area contributed by atoms with Crippen LogP contribution in [0.5, 0.6) is 0 Å². The highest BCUT2D eigenvalue weighted by Gasteiger charge is 2.40. The van der Waals surface area contributed by atoms with E-state index in [1.165, 1.54) is 12.8 Å². The summed E-state index contributed by atoms with van der Waals surface area (Å²) in [6, 6.07) is 0. The average Bonchev–Trinajstić information content (AvgIpc) is 2.78. The second-order valence-electron chi connectivity index (χ2n) is 4.55. The first-order valence-corrected chi connectivity index (χ1v) is 4.99. The first kappa shape index (κ1) is 10.3. The number of aliphatic imine (C=N–C) groups is 1. The molecule has 0 spiro atoms. The van der Waals surface area contributed by atoms with E-state index in [-0.39, 0.29) is 0 Å². The smallest absolute Gasteiger partial charge is 0.0611 e. The molecule has 2 nitrogen and oxygen atoms in total. The lowest BCUT2D eigenvalue weighted by Gasteiger charge is -2.10. The quantitative estimate of drug-likeness (QED) is 0.646. The molecule has 13 heavy (non-hydrogen) atoms. The van der Waals surface area contributed by atoms with Crippen LogP contribution in [0, 0.1) is 11.3 Å². The molecule has 74 valence electrons. The van der Waals surface area contributed by atoms with Gasteiger partial charge in [0, 0.05) is 18.2 Å². The normalized spacial score (nSPS) is 20.2. The van der Waals surface area contributed by atoms with E-state index in [9.17, 15) is 0 Å². The number of allylic oxidation sites excluding steroid dienone is 1. The Hall–Kier alpha value is -0.790. The van der Waals surface area contributed by atoms with Crippen LogP contribution in [0.2, 0.25) is 0 Å². The second kappa shape index (κ2) is 3.95. The molecule has 1 N–H and O–H groups in total. The number of rotatable bonds is 5. The van der Waals surface area contributed by atoms with E-state index in [0.717, 1.165) is 12.2 Å². The zero-order valence-corrected chi connectivity index (χ0v) is 8.93. The summed E-state index contributed by atoms with van der Waals surface area (Å²) in [5.41, 5.74) is 1.44. The minimum Gasteiger partial charge on any atom is -0.389 e. The minimum absolute atomic E-state index is 0.325. The van der Waals surface area contributed by atoms with E-state index >= 15 is 0 Å². The Labute approximate surface area is 81.1 Å². The Morgan fingerprint density at radius 1 is 1.62 bits per heavy atom. The monoisotopic (exact) mass is 180 g/mol. The molecule has 0 aromatic carbocycles. The Bertz CT molecular complexity index is 212. The molecule has 0 bridgehead atoms.